The van der Waals surface area contributed by atoms with Crippen LogP contribution in [0.15, 0.2) is 17.5 Å². The predicted molar refractivity (Wildman–Crippen MR) is 65.4 cm³/mol. The molecule has 0 aliphatic carbocycles. The van der Waals surface area contributed by atoms with Crippen molar-refractivity contribution in [3.8, 4) is 0 Å². The molecule has 84 valence electrons. The van der Waals surface area contributed by atoms with E-state index in [-0.39, 0.29) is 0 Å². The maximum atomic E-state index is 5.85. The van der Waals surface area contributed by atoms with Crippen molar-refractivity contribution in [1.82, 2.24) is 10.2 Å². The molecule has 1 atom stereocenters. The highest BCUT2D eigenvalue weighted by molar-refractivity contribution is 7.10. The second-order valence-corrected chi connectivity index (χ2v) is 4.98. The molecule has 3 nitrogen and oxygen atoms in total. The number of nitrogens with one attached hydrogen (secondary N) is 1. The van der Waals surface area contributed by atoms with Crippen LogP contribution in [0.25, 0.3) is 0 Å². The largest absolute Gasteiger partial charge is 0.330 e. The zero-order chi connectivity index (χ0) is 10.5. The van der Waals surface area contributed by atoms with E-state index < -0.39 is 0 Å². The average molecular weight is 225 g/mol. The molecule has 0 radical (unpaired) electrons. The van der Waals surface area contributed by atoms with Gasteiger partial charge in [-0.05, 0) is 11.4 Å². The zero-order valence-electron chi connectivity index (χ0n) is 8.98. The number of thiophene rings is 1. The van der Waals surface area contributed by atoms with Crippen LogP contribution >= 0.6 is 11.3 Å². The number of hydrogen-bond acceptors (Lipinski definition) is 4. The summed E-state index contributed by atoms with van der Waals surface area (Å²) in [5.74, 6) is 0.517. The molecule has 0 saturated carbocycles. The third-order valence-corrected chi connectivity index (χ3v) is 3.95. The minimum absolute atomic E-state index is 0.517. The number of nitrogens with two attached hydrogens (primary N) is 1. The fourth-order valence-electron chi connectivity index (χ4n) is 2.01. The summed E-state index contributed by atoms with van der Waals surface area (Å²) in [5, 5.41) is 5.51. The van der Waals surface area contributed by atoms with Crippen LogP contribution in [0.5, 0.6) is 0 Å². The van der Waals surface area contributed by atoms with Crippen LogP contribution in [0.4, 0.5) is 0 Å². The molecule has 1 aromatic rings. The van der Waals surface area contributed by atoms with Gasteiger partial charge in [0.05, 0.1) is 0 Å². The highest BCUT2D eigenvalue weighted by Gasteiger charge is 2.17. The quantitative estimate of drug-likeness (QED) is 0.792. The van der Waals surface area contributed by atoms with Gasteiger partial charge in [-0.1, -0.05) is 6.07 Å². The summed E-state index contributed by atoms with van der Waals surface area (Å²) >= 11 is 1.82. The second kappa shape index (κ2) is 5.61. The van der Waals surface area contributed by atoms with Crippen molar-refractivity contribution in [2.24, 2.45) is 5.73 Å². The van der Waals surface area contributed by atoms with Gasteiger partial charge in [0.25, 0.3) is 0 Å². The Balaban J connectivity index is 1.90. The molecule has 1 aliphatic rings. The summed E-state index contributed by atoms with van der Waals surface area (Å²) in [7, 11) is 0. The third kappa shape index (κ3) is 3.01. The van der Waals surface area contributed by atoms with Crippen molar-refractivity contribution >= 4 is 11.3 Å². The predicted octanol–water partition coefficient (Wildman–Crippen LogP) is 0.696. The lowest BCUT2D eigenvalue weighted by Gasteiger charge is -2.30. The number of nitrogens with zero attached hydrogens (tertiary/aromatic N) is 1. The maximum absolute atomic E-state index is 5.85. The molecule has 0 bridgehead atoms. The zero-order valence-corrected chi connectivity index (χ0v) is 9.80. The molecule has 1 unspecified atom stereocenters. The molecule has 0 spiro atoms. The van der Waals surface area contributed by atoms with E-state index >= 15 is 0 Å². The van der Waals surface area contributed by atoms with Crippen LogP contribution < -0.4 is 11.1 Å². The summed E-state index contributed by atoms with van der Waals surface area (Å²) < 4.78 is 0. The average Bonchev–Trinajstić information content (AvgIpc) is 2.81. The first-order valence-electron chi connectivity index (χ1n) is 5.56. The standard InChI is InChI=1S/C11H19N3S/c12-8-10(11-2-1-7-15-11)9-14-5-3-13-4-6-14/h1-2,7,10,13H,3-6,8-9,12H2. The number of piperazine rings is 1. The smallest absolute Gasteiger partial charge is 0.0183 e. The van der Waals surface area contributed by atoms with Gasteiger partial charge < -0.3 is 16.0 Å². The molecule has 0 aromatic carbocycles. The van der Waals surface area contributed by atoms with Gasteiger partial charge in [-0.15, -0.1) is 11.3 Å². The van der Waals surface area contributed by atoms with Crippen molar-refractivity contribution in [3.05, 3.63) is 22.4 Å². The molecule has 1 aliphatic heterocycles. The van der Waals surface area contributed by atoms with Crippen LogP contribution in [0.3, 0.4) is 0 Å². The lowest BCUT2D eigenvalue weighted by Crippen LogP contribution is -2.45. The fraction of sp³-hybridized carbons (Fsp3) is 0.636. The Bertz CT molecular complexity index is 267. The van der Waals surface area contributed by atoms with E-state index in [1.54, 1.807) is 0 Å². The fourth-order valence-corrected chi connectivity index (χ4v) is 2.84. The van der Waals surface area contributed by atoms with Gasteiger partial charge in [-0.2, -0.15) is 0 Å². The Morgan fingerprint density at radius 3 is 2.87 bits per heavy atom. The molecule has 0 amide bonds. The van der Waals surface area contributed by atoms with Gasteiger partial charge in [0.1, 0.15) is 0 Å². The maximum Gasteiger partial charge on any atom is 0.0183 e. The van der Waals surface area contributed by atoms with Crippen molar-refractivity contribution in [3.63, 3.8) is 0 Å². The summed E-state index contributed by atoms with van der Waals surface area (Å²) in [4.78, 5) is 3.93. The van der Waals surface area contributed by atoms with Gasteiger partial charge in [-0.25, -0.2) is 0 Å². The van der Waals surface area contributed by atoms with Crippen molar-refractivity contribution < 1.29 is 0 Å². The van der Waals surface area contributed by atoms with E-state index in [1.807, 2.05) is 11.3 Å². The van der Waals surface area contributed by atoms with Gasteiger partial charge in [0.15, 0.2) is 0 Å². The second-order valence-electron chi connectivity index (χ2n) is 4.00. The molecule has 2 rings (SSSR count). The van der Waals surface area contributed by atoms with E-state index in [2.05, 4.69) is 27.7 Å². The Morgan fingerprint density at radius 1 is 1.47 bits per heavy atom. The monoisotopic (exact) mass is 225 g/mol. The van der Waals surface area contributed by atoms with Gasteiger partial charge in [-0.3, -0.25) is 0 Å². The summed E-state index contributed by atoms with van der Waals surface area (Å²) in [5.41, 5.74) is 5.85. The van der Waals surface area contributed by atoms with Crippen LogP contribution in [-0.4, -0.2) is 44.2 Å². The Morgan fingerprint density at radius 2 is 2.27 bits per heavy atom. The number of rotatable bonds is 4. The molecule has 3 N–H and O–H groups in total. The first kappa shape index (κ1) is 11.1. The van der Waals surface area contributed by atoms with Crippen LogP contribution in [-0.2, 0) is 0 Å². The summed E-state index contributed by atoms with van der Waals surface area (Å²) in [6, 6.07) is 4.31. The van der Waals surface area contributed by atoms with E-state index in [9.17, 15) is 0 Å². The van der Waals surface area contributed by atoms with Gasteiger partial charge in [0, 0.05) is 50.1 Å². The SMILES string of the molecule is NCC(CN1CCNCC1)c1cccs1. The molecule has 2 heterocycles. The molecule has 15 heavy (non-hydrogen) atoms. The summed E-state index contributed by atoms with van der Waals surface area (Å²) in [6.45, 7) is 6.40. The van der Waals surface area contributed by atoms with Crippen LogP contribution in [0, 0.1) is 0 Å². The van der Waals surface area contributed by atoms with Crippen molar-refractivity contribution in [1.29, 1.82) is 0 Å². The molecule has 1 aromatic heterocycles. The first-order chi connectivity index (χ1) is 7.40. The minimum Gasteiger partial charge on any atom is -0.330 e. The highest BCUT2D eigenvalue weighted by atomic mass is 32.1. The van der Waals surface area contributed by atoms with Crippen LogP contribution in [0.1, 0.15) is 10.8 Å². The minimum atomic E-state index is 0.517. The molecule has 1 saturated heterocycles. The first-order valence-corrected chi connectivity index (χ1v) is 6.44. The molecular formula is C11H19N3S. The Kier molecular flexibility index (Phi) is 4.14. The Labute approximate surface area is 95.3 Å². The number of hydrogen-bond donors (Lipinski definition) is 2. The van der Waals surface area contributed by atoms with Gasteiger partial charge >= 0.3 is 0 Å². The molecular weight excluding hydrogens is 206 g/mol. The lowest BCUT2D eigenvalue weighted by atomic mass is 10.1. The Hall–Kier alpha value is -0.420. The van der Waals surface area contributed by atoms with E-state index in [1.165, 1.54) is 4.88 Å². The van der Waals surface area contributed by atoms with Crippen molar-refractivity contribution in [2.45, 2.75) is 5.92 Å². The molecule has 4 heteroatoms. The normalized spacial score (nSPS) is 20.3. The highest BCUT2D eigenvalue weighted by Crippen LogP contribution is 2.21. The third-order valence-electron chi connectivity index (χ3n) is 2.92. The van der Waals surface area contributed by atoms with Crippen LogP contribution in [0.2, 0.25) is 0 Å². The van der Waals surface area contributed by atoms with Crippen molar-refractivity contribution in [2.75, 3.05) is 39.3 Å². The van der Waals surface area contributed by atoms with E-state index in [0.29, 0.717) is 5.92 Å². The summed E-state index contributed by atoms with van der Waals surface area (Å²) in [6.07, 6.45) is 0. The van der Waals surface area contributed by atoms with E-state index in [0.717, 1.165) is 39.3 Å². The lowest BCUT2D eigenvalue weighted by molar-refractivity contribution is 0.229. The topological polar surface area (TPSA) is 41.3 Å². The van der Waals surface area contributed by atoms with E-state index in [4.69, 9.17) is 5.73 Å². The van der Waals surface area contributed by atoms with Gasteiger partial charge in [0.2, 0.25) is 0 Å². The molecule has 1 fully saturated rings.